The highest BCUT2D eigenvalue weighted by Crippen LogP contribution is 2.13. The molecular weight excluding hydrogens is 160 g/mol. The van der Waals surface area contributed by atoms with Crippen LogP contribution in [0.4, 0.5) is 0 Å². The van der Waals surface area contributed by atoms with Crippen LogP contribution in [0.3, 0.4) is 0 Å². The monoisotopic (exact) mass is 166 g/mol. The van der Waals surface area contributed by atoms with E-state index in [1.165, 1.54) is 0 Å². The molecule has 0 fully saturated rings. The number of pyridine rings is 1. The minimum Gasteiger partial charge on any atom is -0.258 e. The Kier molecular flexibility index (Phi) is 2.45. The summed E-state index contributed by atoms with van der Waals surface area (Å²) in [6.45, 7) is 1.80. The number of hydrogen-bond acceptors (Lipinski definition) is 2. The maximum Gasteiger partial charge on any atom is 0.0856 e. The molecule has 0 N–H and O–H groups in total. The second-order valence-electron chi connectivity index (χ2n) is 2.25. The fourth-order valence-electron chi connectivity index (χ4n) is 0.710. The normalized spacial score (nSPS) is 12.1. The highest BCUT2D eigenvalue weighted by molar-refractivity contribution is 6.30. The van der Waals surface area contributed by atoms with E-state index in [2.05, 4.69) is 11.1 Å². The molecule has 0 saturated carbocycles. The summed E-state index contributed by atoms with van der Waals surface area (Å²) < 4.78 is 0. The zero-order valence-electron chi connectivity index (χ0n) is 6.08. The van der Waals surface area contributed by atoms with Gasteiger partial charge < -0.3 is 0 Å². The van der Waals surface area contributed by atoms with Crippen LogP contribution < -0.4 is 0 Å². The van der Waals surface area contributed by atoms with Crippen LogP contribution in [0.2, 0.25) is 5.02 Å². The molecule has 0 aliphatic carbocycles. The zero-order chi connectivity index (χ0) is 8.27. The minimum atomic E-state index is -0.160. The lowest BCUT2D eigenvalue weighted by Gasteiger charge is -1.99. The highest BCUT2D eigenvalue weighted by Gasteiger charge is 2.03. The van der Waals surface area contributed by atoms with E-state index in [0.717, 1.165) is 5.69 Å². The Balaban J connectivity index is 2.92. The van der Waals surface area contributed by atoms with Gasteiger partial charge in [0.25, 0.3) is 0 Å². The van der Waals surface area contributed by atoms with Crippen LogP contribution in [0.1, 0.15) is 18.5 Å². The van der Waals surface area contributed by atoms with Gasteiger partial charge in [-0.05, 0) is 19.1 Å². The Bertz CT molecular complexity index is 273. The Morgan fingerprint density at radius 3 is 2.82 bits per heavy atom. The van der Waals surface area contributed by atoms with Crippen LogP contribution in [-0.2, 0) is 0 Å². The molecule has 56 valence electrons. The molecule has 0 aromatic carbocycles. The molecule has 1 aromatic heterocycles. The second kappa shape index (κ2) is 3.36. The van der Waals surface area contributed by atoms with Crippen molar-refractivity contribution in [3.8, 4) is 6.07 Å². The van der Waals surface area contributed by atoms with Crippen molar-refractivity contribution in [3.63, 3.8) is 0 Å². The summed E-state index contributed by atoms with van der Waals surface area (Å²) in [5, 5.41) is 9.13. The molecule has 0 spiro atoms. The number of rotatable bonds is 1. The number of aromatic nitrogens is 1. The van der Waals surface area contributed by atoms with Crippen molar-refractivity contribution in [3.05, 3.63) is 29.0 Å². The van der Waals surface area contributed by atoms with E-state index >= 15 is 0 Å². The van der Waals surface area contributed by atoms with Gasteiger partial charge in [-0.1, -0.05) is 11.6 Å². The molecule has 1 unspecified atom stereocenters. The SMILES string of the molecule is CC(C#N)c1ccc(Cl)cn1. The van der Waals surface area contributed by atoms with E-state index < -0.39 is 0 Å². The molecule has 3 heteroatoms. The van der Waals surface area contributed by atoms with Crippen molar-refractivity contribution in [2.75, 3.05) is 0 Å². The zero-order valence-corrected chi connectivity index (χ0v) is 6.84. The van der Waals surface area contributed by atoms with Gasteiger partial charge in [0.1, 0.15) is 0 Å². The smallest absolute Gasteiger partial charge is 0.0856 e. The third-order valence-corrected chi connectivity index (χ3v) is 1.61. The first-order chi connectivity index (χ1) is 5.24. The van der Waals surface area contributed by atoms with Gasteiger partial charge in [-0.2, -0.15) is 5.26 Å². The van der Waals surface area contributed by atoms with Crippen molar-refractivity contribution < 1.29 is 0 Å². The topological polar surface area (TPSA) is 36.7 Å². The minimum absolute atomic E-state index is 0.160. The Morgan fingerprint density at radius 2 is 2.36 bits per heavy atom. The molecule has 1 rings (SSSR count). The van der Waals surface area contributed by atoms with Gasteiger partial charge in [-0.3, -0.25) is 4.98 Å². The van der Waals surface area contributed by atoms with Gasteiger partial charge in [0.2, 0.25) is 0 Å². The molecule has 1 aromatic rings. The van der Waals surface area contributed by atoms with E-state index in [1.807, 2.05) is 0 Å². The lowest BCUT2D eigenvalue weighted by molar-refractivity contribution is 0.920. The number of nitriles is 1. The molecule has 1 atom stereocenters. The van der Waals surface area contributed by atoms with Gasteiger partial charge in [0.15, 0.2) is 0 Å². The summed E-state index contributed by atoms with van der Waals surface area (Å²) in [5.74, 6) is -0.160. The van der Waals surface area contributed by atoms with Crippen molar-refractivity contribution in [1.29, 1.82) is 5.26 Å². The van der Waals surface area contributed by atoms with Gasteiger partial charge in [-0.25, -0.2) is 0 Å². The Labute approximate surface area is 70.4 Å². The number of hydrogen-bond donors (Lipinski definition) is 0. The quantitative estimate of drug-likeness (QED) is 0.642. The third kappa shape index (κ3) is 1.92. The lowest BCUT2D eigenvalue weighted by atomic mass is 10.1. The molecule has 0 aliphatic rings. The molecule has 1 heterocycles. The van der Waals surface area contributed by atoms with Crippen molar-refractivity contribution in [2.45, 2.75) is 12.8 Å². The van der Waals surface area contributed by atoms with Crippen LogP contribution in [-0.4, -0.2) is 4.98 Å². The first-order valence-corrected chi connectivity index (χ1v) is 3.63. The molecule has 0 radical (unpaired) electrons. The highest BCUT2D eigenvalue weighted by atomic mass is 35.5. The summed E-state index contributed by atoms with van der Waals surface area (Å²) >= 11 is 5.61. The standard InChI is InChI=1S/C8H7ClN2/c1-6(4-10)8-3-2-7(9)5-11-8/h2-3,5-6H,1H3. The first-order valence-electron chi connectivity index (χ1n) is 3.25. The van der Waals surface area contributed by atoms with E-state index in [1.54, 1.807) is 25.3 Å². The maximum absolute atomic E-state index is 8.53. The van der Waals surface area contributed by atoms with Crippen LogP contribution >= 0.6 is 11.6 Å². The van der Waals surface area contributed by atoms with Crippen molar-refractivity contribution in [1.82, 2.24) is 4.98 Å². The molecule has 0 bridgehead atoms. The van der Waals surface area contributed by atoms with Gasteiger partial charge in [0, 0.05) is 6.20 Å². The number of nitrogens with zero attached hydrogens (tertiary/aromatic N) is 2. The van der Waals surface area contributed by atoms with E-state index in [4.69, 9.17) is 16.9 Å². The van der Waals surface area contributed by atoms with E-state index in [0.29, 0.717) is 5.02 Å². The molecule has 2 nitrogen and oxygen atoms in total. The fraction of sp³-hybridized carbons (Fsp3) is 0.250. The molecular formula is C8H7ClN2. The van der Waals surface area contributed by atoms with Crippen molar-refractivity contribution >= 4 is 11.6 Å². The summed E-state index contributed by atoms with van der Waals surface area (Å²) in [7, 11) is 0. The van der Waals surface area contributed by atoms with Crippen LogP contribution in [0.5, 0.6) is 0 Å². The second-order valence-corrected chi connectivity index (χ2v) is 2.69. The van der Waals surface area contributed by atoms with E-state index in [9.17, 15) is 0 Å². The Morgan fingerprint density at radius 1 is 1.64 bits per heavy atom. The van der Waals surface area contributed by atoms with Gasteiger partial charge in [0.05, 0.1) is 22.7 Å². The molecule has 0 saturated heterocycles. The van der Waals surface area contributed by atoms with Crippen LogP contribution in [0.15, 0.2) is 18.3 Å². The average Bonchev–Trinajstić information content (AvgIpc) is 2.05. The summed E-state index contributed by atoms with van der Waals surface area (Å²) in [6.07, 6.45) is 1.55. The van der Waals surface area contributed by atoms with Gasteiger partial charge in [-0.15, -0.1) is 0 Å². The largest absolute Gasteiger partial charge is 0.258 e. The molecule has 11 heavy (non-hydrogen) atoms. The summed E-state index contributed by atoms with van der Waals surface area (Å²) in [4.78, 5) is 3.99. The van der Waals surface area contributed by atoms with Gasteiger partial charge >= 0.3 is 0 Å². The third-order valence-electron chi connectivity index (χ3n) is 1.39. The van der Waals surface area contributed by atoms with E-state index in [-0.39, 0.29) is 5.92 Å². The fourth-order valence-corrected chi connectivity index (χ4v) is 0.821. The summed E-state index contributed by atoms with van der Waals surface area (Å²) in [6, 6.07) is 5.59. The maximum atomic E-state index is 8.53. The molecule has 0 aliphatic heterocycles. The summed E-state index contributed by atoms with van der Waals surface area (Å²) in [5.41, 5.74) is 0.761. The molecule has 0 amide bonds. The number of halogens is 1. The van der Waals surface area contributed by atoms with Crippen LogP contribution in [0.25, 0.3) is 0 Å². The Hall–Kier alpha value is -1.07. The predicted molar refractivity (Wildman–Crippen MR) is 43.3 cm³/mol. The lowest BCUT2D eigenvalue weighted by Crippen LogP contribution is -1.92. The predicted octanol–water partition coefficient (Wildman–Crippen LogP) is 2.36. The van der Waals surface area contributed by atoms with Crippen molar-refractivity contribution in [2.24, 2.45) is 0 Å². The van der Waals surface area contributed by atoms with Crippen LogP contribution in [0, 0.1) is 11.3 Å². The first kappa shape index (κ1) is 8.03. The average molecular weight is 167 g/mol.